The van der Waals surface area contributed by atoms with Gasteiger partial charge in [-0.05, 0) is 132 Å². The molecular formula is C94H65BN2O2. The van der Waals surface area contributed by atoms with Crippen LogP contribution in [-0.4, -0.2) is 6.71 Å². The molecular weight excluding hydrogens is 1200 g/mol. The predicted octanol–water partition coefficient (Wildman–Crippen LogP) is 24.2. The summed E-state index contributed by atoms with van der Waals surface area (Å²) in [5.41, 5.74) is 32.4. The van der Waals surface area contributed by atoms with Gasteiger partial charge in [0, 0.05) is 77.7 Å². The van der Waals surface area contributed by atoms with Crippen LogP contribution in [0.15, 0.2) is 349 Å². The fourth-order valence-electron chi connectivity index (χ4n) is 15.9. The molecule has 0 unspecified atom stereocenters. The largest absolute Gasteiger partial charge is 0.455 e. The van der Waals surface area contributed by atoms with E-state index in [-0.39, 0.29) is 12.1 Å². The summed E-state index contributed by atoms with van der Waals surface area (Å²) in [7, 11) is 0. The van der Waals surface area contributed by atoms with Crippen molar-refractivity contribution in [2.75, 3.05) is 9.80 Å². The van der Waals surface area contributed by atoms with Gasteiger partial charge in [-0.3, -0.25) is 0 Å². The van der Waals surface area contributed by atoms with Gasteiger partial charge in [0.05, 0.1) is 11.4 Å². The monoisotopic (exact) mass is 1260 g/mol. The van der Waals surface area contributed by atoms with E-state index in [1.807, 2.05) is 0 Å². The minimum Gasteiger partial charge on any atom is -0.455 e. The highest BCUT2D eigenvalue weighted by molar-refractivity contribution is 7.00. The summed E-state index contributed by atoms with van der Waals surface area (Å²) in [5.74, 6) is 0. The van der Waals surface area contributed by atoms with E-state index in [9.17, 15) is 0 Å². The first kappa shape index (κ1) is 58.0. The second-order valence-corrected chi connectivity index (χ2v) is 27.4. The molecule has 17 aromatic rings. The van der Waals surface area contributed by atoms with E-state index >= 15 is 0 Å². The van der Waals surface area contributed by atoms with Gasteiger partial charge in [0.15, 0.2) is 0 Å². The first-order valence-electron chi connectivity index (χ1n) is 34.3. The molecule has 0 amide bonds. The highest BCUT2D eigenvalue weighted by Crippen LogP contribution is 2.55. The van der Waals surface area contributed by atoms with Crippen LogP contribution >= 0.6 is 0 Å². The maximum atomic E-state index is 7.19. The Morgan fingerprint density at radius 3 is 0.929 bits per heavy atom. The number of hydrogen-bond donors (Lipinski definition) is 0. The second kappa shape index (κ2) is 23.2. The van der Waals surface area contributed by atoms with Gasteiger partial charge in [-0.15, -0.1) is 0 Å². The molecule has 2 aromatic heterocycles. The fraction of sp³-hybridized carbons (Fsp3) is 0.0426. The number of nitrogens with zero attached hydrogens (tertiary/aromatic N) is 2. The zero-order valence-electron chi connectivity index (χ0n) is 55.1. The van der Waals surface area contributed by atoms with Crippen molar-refractivity contribution in [3.05, 3.63) is 345 Å². The van der Waals surface area contributed by atoms with Crippen molar-refractivity contribution in [3.63, 3.8) is 0 Å². The maximum Gasteiger partial charge on any atom is 0.252 e. The number of anilines is 6. The number of furan rings is 2. The van der Waals surface area contributed by atoms with Crippen molar-refractivity contribution in [3.8, 4) is 89.0 Å². The van der Waals surface area contributed by atoms with Crippen molar-refractivity contribution in [1.82, 2.24) is 0 Å². The molecule has 0 atom stereocenters. The van der Waals surface area contributed by atoms with E-state index < -0.39 is 0 Å². The summed E-state index contributed by atoms with van der Waals surface area (Å²) < 4.78 is 14.4. The van der Waals surface area contributed by atoms with E-state index in [0.29, 0.717) is 0 Å². The molecule has 0 saturated carbocycles. The van der Waals surface area contributed by atoms with Gasteiger partial charge in [-0.25, -0.2) is 0 Å². The van der Waals surface area contributed by atoms with Crippen LogP contribution < -0.4 is 26.2 Å². The van der Waals surface area contributed by atoms with Crippen molar-refractivity contribution < 1.29 is 8.83 Å². The molecule has 4 nitrogen and oxygen atoms in total. The lowest BCUT2D eigenvalue weighted by molar-refractivity contribution is 0.590. The lowest BCUT2D eigenvalue weighted by Gasteiger charge is -2.46. The maximum absolute atomic E-state index is 7.19. The van der Waals surface area contributed by atoms with Crippen LogP contribution in [-0.2, 0) is 5.41 Å². The highest BCUT2D eigenvalue weighted by Gasteiger charge is 2.46. The normalized spacial score (nSPS) is 12.5. The van der Waals surface area contributed by atoms with Crippen molar-refractivity contribution >= 4 is 101 Å². The third-order valence-corrected chi connectivity index (χ3v) is 20.6. The van der Waals surface area contributed by atoms with Crippen LogP contribution in [0.5, 0.6) is 0 Å². The molecule has 0 spiro atoms. The molecule has 0 saturated heterocycles. The quantitative estimate of drug-likeness (QED) is 0.128. The number of hydrogen-bond acceptors (Lipinski definition) is 4. The third kappa shape index (κ3) is 9.59. The van der Waals surface area contributed by atoms with E-state index in [1.165, 1.54) is 22.0 Å². The first-order chi connectivity index (χ1) is 48.8. The summed E-state index contributed by atoms with van der Waals surface area (Å²) in [6.07, 6.45) is 0. The standard InChI is InChI=1S/C94H65BN2O2/c1-94(2,3)70-58-85-89-86(59-70)97(91-73(64-34-18-8-19-35-64)40-23-41-74(91)65-36-20-9-21-37-65)84-53-49-69(76-43-25-45-80-78-51-47-67(57-88(78)99-93(76)80)61-28-12-5-13-29-61)55-82(84)95(89)81-54-68(75-42-24-44-79-77-50-46-66(56-87(77)98-92(75)79)60-26-10-4-11-27-60)48-52-83(81)96(85)90-71(62-30-14-6-15-31-62)38-22-39-72(90)63-32-16-7-17-33-63/h4-59H,1-3H3. The second-order valence-electron chi connectivity index (χ2n) is 27.4. The molecule has 0 fully saturated rings. The van der Waals surface area contributed by atoms with E-state index in [4.69, 9.17) is 8.83 Å². The SMILES string of the molecule is CC(C)(C)c1cc2c3c(c1)N(c1c(-c4ccccc4)cccc1-c1ccccc1)c1ccc(-c4cccc5c4oc4cc(-c6ccccc6)ccc45)cc1B3c1cc(-c3cccc4c3oc3cc(-c5ccccc5)ccc34)ccc1N2c1c(-c2ccccc2)cccc1-c1ccccc1. The molecule has 19 rings (SSSR count). The molecule has 99 heavy (non-hydrogen) atoms. The molecule has 15 aromatic carbocycles. The number of rotatable bonds is 10. The minimum atomic E-state index is -0.304. The zero-order valence-corrected chi connectivity index (χ0v) is 55.1. The summed E-state index contributed by atoms with van der Waals surface area (Å²) >= 11 is 0. The Kier molecular flexibility index (Phi) is 13.6. The third-order valence-electron chi connectivity index (χ3n) is 20.6. The fourth-order valence-corrected chi connectivity index (χ4v) is 15.9. The van der Waals surface area contributed by atoms with E-state index in [2.05, 4.69) is 370 Å². The Balaban J connectivity index is 0.940. The van der Waals surface area contributed by atoms with Crippen LogP contribution in [0.1, 0.15) is 26.3 Å². The molecule has 2 aliphatic heterocycles. The molecule has 0 aliphatic carbocycles. The van der Waals surface area contributed by atoms with Gasteiger partial charge >= 0.3 is 0 Å². The molecule has 0 N–H and O–H groups in total. The molecule has 0 bridgehead atoms. The number of benzene rings is 15. The minimum absolute atomic E-state index is 0.296. The van der Waals surface area contributed by atoms with Crippen LogP contribution in [0.4, 0.5) is 34.1 Å². The summed E-state index contributed by atoms with van der Waals surface area (Å²) in [5, 5.41) is 4.34. The van der Waals surface area contributed by atoms with Crippen LogP contribution in [0.25, 0.3) is 133 Å². The average Bonchev–Trinajstić information content (AvgIpc) is 1.19. The average molecular weight is 1270 g/mol. The van der Waals surface area contributed by atoms with Gasteiger partial charge in [0.2, 0.25) is 0 Å². The lowest BCUT2D eigenvalue weighted by Crippen LogP contribution is -2.61. The smallest absolute Gasteiger partial charge is 0.252 e. The van der Waals surface area contributed by atoms with Gasteiger partial charge in [-0.2, -0.15) is 0 Å². The van der Waals surface area contributed by atoms with Gasteiger partial charge in [0.25, 0.3) is 6.71 Å². The van der Waals surface area contributed by atoms with Gasteiger partial charge in [-0.1, -0.05) is 312 Å². The first-order valence-corrected chi connectivity index (χ1v) is 34.3. The molecule has 5 heteroatoms. The van der Waals surface area contributed by atoms with Crippen LogP contribution in [0.2, 0.25) is 0 Å². The zero-order chi connectivity index (χ0) is 65.9. The number of para-hydroxylation sites is 4. The van der Waals surface area contributed by atoms with Crippen molar-refractivity contribution in [1.29, 1.82) is 0 Å². The molecule has 4 heterocycles. The Labute approximate surface area is 576 Å². The Morgan fingerprint density at radius 2 is 0.576 bits per heavy atom. The van der Waals surface area contributed by atoms with Crippen molar-refractivity contribution in [2.24, 2.45) is 0 Å². The summed E-state index contributed by atoms with van der Waals surface area (Å²) in [6.45, 7) is 6.79. The van der Waals surface area contributed by atoms with Crippen LogP contribution in [0, 0.1) is 0 Å². The molecule has 466 valence electrons. The Bertz CT molecular complexity index is 5540. The Morgan fingerprint density at radius 1 is 0.253 bits per heavy atom. The topological polar surface area (TPSA) is 32.8 Å². The Hall–Kier alpha value is -12.4. The lowest BCUT2D eigenvalue weighted by atomic mass is 9.33. The van der Waals surface area contributed by atoms with Crippen molar-refractivity contribution in [2.45, 2.75) is 26.2 Å². The highest BCUT2D eigenvalue weighted by atomic mass is 16.3. The predicted molar refractivity (Wildman–Crippen MR) is 417 cm³/mol. The summed E-state index contributed by atoms with van der Waals surface area (Å²) in [6, 6.07) is 125. The van der Waals surface area contributed by atoms with Gasteiger partial charge in [0.1, 0.15) is 22.3 Å². The van der Waals surface area contributed by atoms with Crippen LogP contribution in [0.3, 0.4) is 0 Å². The number of fused-ring (bicyclic) bond motifs is 10. The summed E-state index contributed by atoms with van der Waals surface area (Å²) in [4.78, 5) is 5.29. The van der Waals surface area contributed by atoms with E-state index in [1.54, 1.807) is 0 Å². The molecule has 2 aliphatic rings. The van der Waals surface area contributed by atoms with E-state index in [0.717, 1.165) is 167 Å². The molecule has 0 radical (unpaired) electrons. The van der Waals surface area contributed by atoms with Gasteiger partial charge < -0.3 is 18.6 Å².